The molecule has 140 valence electrons. The fraction of sp³-hybridized carbons (Fsp3) is 0.278. The number of sulfonamides is 1. The van der Waals surface area contributed by atoms with Crippen molar-refractivity contribution in [3.63, 3.8) is 0 Å². The number of anilines is 2. The van der Waals surface area contributed by atoms with E-state index in [2.05, 4.69) is 5.32 Å². The maximum atomic E-state index is 13.2. The zero-order valence-corrected chi connectivity index (χ0v) is 16.4. The summed E-state index contributed by atoms with van der Waals surface area (Å²) in [6.07, 6.45) is 3.22. The molecule has 2 aromatic carbocycles. The van der Waals surface area contributed by atoms with Crippen molar-refractivity contribution in [2.45, 2.75) is 24.3 Å². The van der Waals surface area contributed by atoms with Crippen LogP contribution in [0.2, 0.25) is 0 Å². The summed E-state index contributed by atoms with van der Waals surface area (Å²) < 4.78 is 38.9. The van der Waals surface area contributed by atoms with Gasteiger partial charge in [0.2, 0.25) is 15.9 Å². The second-order valence-electron chi connectivity index (χ2n) is 5.68. The van der Waals surface area contributed by atoms with Gasteiger partial charge in [0, 0.05) is 10.6 Å². The van der Waals surface area contributed by atoms with E-state index < -0.39 is 27.8 Å². The van der Waals surface area contributed by atoms with Gasteiger partial charge in [0.05, 0.1) is 11.9 Å². The van der Waals surface area contributed by atoms with Gasteiger partial charge in [-0.1, -0.05) is 13.0 Å². The molecular weight excluding hydrogens is 375 g/mol. The van der Waals surface area contributed by atoms with Gasteiger partial charge in [-0.2, -0.15) is 0 Å². The molecule has 0 aliphatic heterocycles. The van der Waals surface area contributed by atoms with E-state index in [9.17, 15) is 17.6 Å². The lowest BCUT2D eigenvalue weighted by Gasteiger charge is -2.30. The van der Waals surface area contributed by atoms with Gasteiger partial charge in [-0.3, -0.25) is 9.10 Å². The number of amides is 1. The SMILES string of the molecule is CC[C@@H](C(=O)Nc1cccc(SC)c1)N(c1ccc(F)cc1)S(C)(=O)=O. The van der Waals surface area contributed by atoms with Crippen molar-refractivity contribution in [1.82, 2.24) is 0 Å². The first-order valence-electron chi connectivity index (χ1n) is 7.96. The second kappa shape index (κ2) is 8.55. The first-order valence-corrected chi connectivity index (χ1v) is 11.0. The number of hydrogen-bond donors (Lipinski definition) is 1. The average Bonchev–Trinajstić information content (AvgIpc) is 2.59. The first kappa shape index (κ1) is 20.3. The summed E-state index contributed by atoms with van der Waals surface area (Å²) in [4.78, 5) is 13.8. The van der Waals surface area contributed by atoms with Gasteiger partial charge in [-0.05, 0) is 55.1 Å². The van der Waals surface area contributed by atoms with E-state index in [1.165, 1.54) is 36.0 Å². The monoisotopic (exact) mass is 396 g/mol. The minimum Gasteiger partial charge on any atom is -0.324 e. The minimum atomic E-state index is -3.75. The molecule has 0 heterocycles. The van der Waals surface area contributed by atoms with Crippen LogP contribution in [0.25, 0.3) is 0 Å². The number of hydrogen-bond acceptors (Lipinski definition) is 4. The molecule has 1 N–H and O–H groups in total. The van der Waals surface area contributed by atoms with Gasteiger partial charge >= 0.3 is 0 Å². The van der Waals surface area contributed by atoms with Crippen molar-refractivity contribution < 1.29 is 17.6 Å². The molecule has 1 atom stereocenters. The van der Waals surface area contributed by atoms with Crippen LogP contribution in [0, 0.1) is 5.82 Å². The highest BCUT2D eigenvalue weighted by Crippen LogP contribution is 2.24. The maximum absolute atomic E-state index is 13.2. The van der Waals surface area contributed by atoms with Crippen molar-refractivity contribution in [2.24, 2.45) is 0 Å². The van der Waals surface area contributed by atoms with Crippen LogP contribution in [0.5, 0.6) is 0 Å². The highest BCUT2D eigenvalue weighted by molar-refractivity contribution is 7.98. The summed E-state index contributed by atoms with van der Waals surface area (Å²) in [5.41, 5.74) is 0.835. The summed E-state index contributed by atoms with van der Waals surface area (Å²) in [6, 6.07) is 11.4. The predicted octanol–water partition coefficient (Wildman–Crippen LogP) is 3.73. The maximum Gasteiger partial charge on any atom is 0.248 e. The number of nitrogens with one attached hydrogen (secondary N) is 1. The van der Waals surface area contributed by atoms with Crippen LogP contribution in [0.4, 0.5) is 15.8 Å². The molecule has 2 aromatic rings. The molecule has 8 heteroatoms. The number of rotatable bonds is 7. The van der Waals surface area contributed by atoms with E-state index in [0.29, 0.717) is 5.69 Å². The molecule has 0 spiro atoms. The van der Waals surface area contributed by atoms with Crippen LogP contribution in [0.15, 0.2) is 53.4 Å². The number of carbonyl (C=O) groups is 1. The molecule has 0 bridgehead atoms. The summed E-state index contributed by atoms with van der Waals surface area (Å²) in [6.45, 7) is 1.73. The van der Waals surface area contributed by atoms with Gasteiger partial charge < -0.3 is 5.32 Å². The Labute approximate surface area is 157 Å². The van der Waals surface area contributed by atoms with Crippen molar-refractivity contribution >= 4 is 39.1 Å². The number of benzene rings is 2. The lowest BCUT2D eigenvalue weighted by molar-refractivity contribution is -0.117. The molecule has 0 saturated carbocycles. The smallest absolute Gasteiger partial charge is 0.248 e. The molecule has 0 fully saturated rings. The van der Waals surface area contributed by atoms with Gasteiger partial charge in [-0.15, -0.1) is 11.8 Å². The van der Waals surface area contributed by atoms with Crippen molar-refractivity contribution in [3.8, 4) is 0 Å². The molecule has 2 rings (SSSR count). The van der Waals surface area contributed by atoms with Gasteiger partial charge in [-0.25, -0.2) is 12.8 Å². The molecule has 0 aliphatic carbocycles. The third-order valence-corrected chi connectivity index (χ3v) is 5.65. The van der Waals surface area contributed by atoms with Crippen LogP contribution in [-0.2, 0) is 14.8 Å². The van der Waals surface area contributed by atoms with Gasteiger partial charge in [0.25, 0.3) is 0 Å². The van der Waals surface area contributed by atoms with Crippen molar-refractivity contribution in [1.29, 1.82) is 0 Å². The number of halogens is 1. The zero-order valence-electron chi connectivity index (χ0n) is 14.8. The Morgan fingerprint density at radius 2 is 1.88 bits per heavy atom. The summed E-state index contributed by atoms with van der Waals surface area (Å²) in [7, 11) is -3.75. The Kier molecular flexibility index (Phi) is 6.66. The van der Waals surface area contributed by atoms with E-state index in [1.54, 1.807) is 13.0 Å². The number of carbonyl (C=O) groups excluding carboxylic acids is 1. The van der Waals surface area contributed by atoms with Crippen LogP contribution >= 0.6 is 11.8 Å². The highest BCUT2D eigenvalue weighted by atomic mass is 32.2. The first-order chi connectivity index (χ1) is 12.3. The molecule has 0 saturated heterocycles. The van der Waals surface area contributed by atoms with Crippen molar-refractivity contribution in [2.75, 3.05) is 22.1 Å². The Balaban J connectivity index is 2.34. The standard InChI is InChI=1S/C18H21FN2O3S2/c1-4-17(18(22)20-14-6-5-7-16(12-14)25-2)21(26(3,23)24)15-10-8-13(19)9-11-15/h5-12,17H,4H2,1-3H3,(H,20,22)/t17-/m0/s1. The largest absolute Gasteiger partial charge is 0.324 e. The Hall–Kier alpha value is -2.06. The minimum absolute atomic E-state index is 0.244. The molecular formula is C18H21FN2O3S2. The van der Waals surface area contributed by atoms with E-state index in [4.69, 9.17) is 0 Å². The number of nitrogens with zero attached hydrogens (tertiary/aromatic N) is 1. The molecule has 0 unspecified atom stereocenters. The zero-order chi connectivity index (χ0) is 19.3. The lowest BCUT2D eigenvalue weighted by atomic mass is 10.2. The van der Waals surface area contributed by atoms with Gasteiger partial charge in [0.1, 0.15) is 11.9 Å². The van der Waals surface area contributed by atoms with E-state index in [-0.39, 0.29) is 12.1 Å². The summed E-state index contributed by atoms with van der Waals surface area (Å²) >= 11 is 1.54. The topological polar surface area (TPSA) is 66.5 Å². The van der Waals surface area contributed by atoms with Crippen molar-refractivity contribution in [3.05, 3.63) is 54.3 Å². The fourth-order valence-corrected chi connectivity index (χ4v) is 4.25. The van der Waals surface area contributed by atoms with Crippen LogP contribution in [0.3, 0.4) is 0 Å². The molecule has 0 aromatic heterocycles. The fourth-order valence-electron chi connectivity index (χ4n) is 2.57. The van der Waals surface area contributed by atoms with Gasteiger partial charge in [0.15, 0.2) is 0 Å². The summed E-state index contributed by atoms with van der Waals surface area (Å²) in [5, 5.41) is 2.77. The second-order valence-corrected chi connectivity index (χ2v) is 8.42. The van der Waals surface area contributed by atoms with Crippen LogP contribution in [0.1, 0.15) is 13.3 Å². The average molecular weight is 397 g/mol. The Bertz CT molecular complexity index is 870. The van der Waals surface area contributed by atoms with Crippen LogP contribution in [-0.4, -0.2) is 32.9 Å². The summed E-state index contributed by atoms with van der Waals surface area (Å²) in [5.74, 6) is -0.922. The Morgan fingerprint density at radius 1 is 1.23 bits per heavy atom. The van der Waals surface area contributed by atoms with E-state index >= 15 is 0 Å². The Morgan fingerprint density at radius 3 is 2.42 bits per heavy atom. The predicted molar refractivity (Wildman–Crippen MR) is 105 cm³/mol. The molecule has 5 nitrogen and oxygen atoms in total. The molecule has 26 heavy (non-hydrogen) atoms. The molecule has 1 amide bonds. The van der Waals surface area contributed by atoms with E-state index in [1.807, 2.05) is 24.5 Å². The third-order valence-electron chi connectivity index (χ3n) is 3.75. The quantitative estimate of drug-likeness (QED) is 0.724. The normalized spacial score (nSPS) is 12.5. The van der Waals surface area contributed by atoms with E-state index in [0.717, 1.165) is 15.5 Å². The number of thioether (sulfide) groups is 1. The molecule has 0 aliphatic rings. The van der Waals surface area contributed by atoms with Crippen LogP contribution < -0.4 is 9.62 Å². The lowest BCUT2D eigenvalue weighted by Crippen LogP contribution is -2.47. The third kappa shape index (κ3) is 4.98. The molecule has 0 radical (unpaired) electrons. The highest BCUT2D eigenvalue weighted by Gasteiger charge is 2.31.